The number of nitrogens with zero attached hydrogens (tertiary/aromatic N) is 3. The van der Waals surface area contributed by atoms with Crippen molar-refractivity contribution in [3.63, 3.8) is 0 Å². The highest BCUT2D eigenvalue weighted by Crippen LogP contribution is 2.45. The molecule has 1 atom stereocenters. The number of fused-ring (bicyclic) bond motifs is 1. The van der Waals surface area contributed by atoms with Gasteiger partial charge in [0.1, 0.15) is 17.0 Å². The molecular weight excluding hydrogens is 437 g/mol. The van der Waals surface area contributed by atoms with Crippen molar-refractivity contribution in [3.05, 3.63) is 42.1 Å². The summed E-state index contributed by atoms with van der Waals surface area (Å²) in [7, 11) is 0. The van der Waals surface area contributed by atoms with E-state index in [9.17, 15) is 23.1 Å². The molecular formula is C23H25F3N4O3. The molecule has 2 heterocycles. The second-order valence-electron chi connectivity index (χ2n) is 8.77. The average molecular weight is 462 g/mol. The number of ether oxygens (including phenoxy) is 1. The van der Waals surface area contributed by atoms with Crippen molar-refractivity contribution in [2.45, 2.75) is 57.5 Å². The minimum Gasteiger partial charge on any atom is -0.461 e. The zero-order valence-corrected chi connectivity index (χ0v) is 18.5. The van der Waals surface area contributed by atoms with Crippen molar-refractivity contribution < 1.29 is 27.8 Å². The van der Waals surface area contributed by atoms with E-state index in [1.165, 1.54) is 13.1 Å². The van der Waals surface area contributed by atoms with Gasteiger partial charge in [0.05, 0.1) is 23.2 Å². The molecule has 0 radical (unpaired) electrons. The summed E-state index contributed by atoms with van der Waals surface area (Å²) in [5, 5.41) is 16.7. The maximum absolute atomic E-state index is 13.4. The highest BCUT2D eigenvalue weighted by Gasteiger charge is 2.57. The summed E-state index contributed by atoms with van der Waals surface area (Å²) >= 11 is 0. The minimum atomic E-state index is -2.90. The van der Waals surface area contributed by atoms with Crippen molar-refractivity contribution in [3.8, 4) is 17.0 Å². The smallest absolute Gasteiger partial charge is 0.253 e. The normalized spacial score (nSPS) is 17.6. The number of aliphatic hydroxyl groups excluding tert-OH is 1. The molecule has 10 heteroatoms. The van der Waals surface area contributed by atoms with Crippen LogP contribution in [0.15, 0.2) is 36.5 Å². The summed E-state index contributed by atoms with van der Waals surface area (Å²) in [5.41, 5.74) is 1.13. The molecule has 4 rings (SSSR count). The van der Waals surface area contributed by atoms with Gasteiger partial charge in [0.15, 0.2) is 0 Å². The minimum absolute atomic E-state index is 0.0687. The summed E-state index contributed by atoms with van der Waals surface area (Å²) in [5.74, 6) is -3.15. The average Bonchev–Trinajstić information content (AvgIpc) is 3.11. The molecule has 176 valence electrons. The standard InChI is InChI=1S/C23H25F3N4O3/c1-13(2)30-18-8-16(21(32)28-22(12-31)10-23(25,26)11-22)9-27-20(18)19(29-30)15-5-4-6-17(7-15)33-14(3)24/h4-9,13-14,31H,10-12H2,1-3H3,(H,28,32). The van der Waals surface area contributed by atoms with Crippen LogP contribution in [0.25, 0.3) is 22.3 Å². The summed E-state index contributed by atoms with van der Waals surface area (Å²) in [6.07, 6.45) is -1.34. The Hall–Kier alpha value is -3.14. The number of halogens is 3. The number of hydrogen-bond acceptors (Lipinski definition) is 5. The topological polar surface area (TPSA) is 89.3 Å². The third kappa shape index (κ3) is 4.52. The SMILES string of the molecule is CC(F)Oc1cccc(-c2nn(C(C)C)c3cc(C(=O)NC4(CO)CC(F)(F)C4)cnc23)c1. The van der Waals surface area contributed by atoms with Gasteiger partial charge in [-0.3, -0.25) is 14.5 Å². The van der Waals surface area contributed by atoms with Crippen LogP contribution in [0.2, 0.25) is 0 Å². The first-order valence-corrected chi connectivity index (χ1v) is 10.6. The molecule has 1 fully saturated rings. The first kappa shape index (κ1) is 23.0. The Balaban J connectivity index is 1.70. The fraction of sp³-hybridized carbons (Fsp3) is 0.435. The van der Waals surface area contributed by atoms with Crippen molar-refractivity contribution >= 4 is 16.9 Å². The number of alkyl halides is 3. The third-order valence-electron chi connectivity index (χ3n) is 5.58. The molecule has 0 aliphatic heterocycles. The zero-order valence-electron chi connectivity index (χ0n) is 18.5. The van der Waals surface area contributed by atoms with E-state index in [2.05, 4.69) is 15.4 Å². The molecule has 1 saturated carbocycles. The first-order chi connectivity index (χ1) is 15.5. The number of aliphatic hydroxyl groups is 1. The summed E-state index contributed by atoms with van der Waals surface area (Å²) < 4.78 is 46.8. The largest absolute Gasteiger partial charge is 0.461 e. The third-order valence-corrected chi connectivity index (χ3v) is 5.58. The summed E-state index contributed by atoms with van der Waals surface area (Å²) in [6.45, 7) is 4.55. The fourth-order valence-corrected chi connectivity index (χ4v) is 4.13. The monoisotopic (exact) mass is 462 g/mol. The maximum atomic E-state index is 13.4. The van der Waals surface area contributed by atoms with Gasteiger partial charge in [0.2, 0.25) is 6.36 Å². The fourth-order valence-electron chi connectivity index (χ4n) is 4.13. The number of rotatable bonds is 7. The van der Waals surface area contributed by atoms with Crippen molar-refractivity contribution in [1.29, 1.82) is 0 Å². The number of carbonyl (C=O) groups is 1. The molecule has 1 aliphatic rings. The van der Waals surface area contributed by atoms with E-state index in [-0.39, 0.29) is 11.6 Å². The predicted octanol–water partition coefficient (Wildman–Crippen LogP) is 4.26. The highest BCUT2D eigenvalue weighted by molar-refractivity contribution is 5.99. The molecule has 2 aromatic heterocycles. The van der Waals surface area contributed by atoms with Crippen molar-refractivity contribution in [1.82, 2.24) is 20.1 Å². The lowest BCUT2D eigenvalue weighted by atomic mass is 9.74. The van der Waals surface area contributed by atoms with E-state index in [0.29, 0.717) is 28.0 Å². The number of amides is 1. The second-order valence-corrected chi connectivity index (χ2v) is 8.77. The lowest BCUT2D eigenvalue weighted by Gasteiger charge is -2.46. The van der Waals surface area contributed by atoms with Gasteiger partial charge in [-0.25, -0.2) is 13.2 Å². The Kier molecular flexibility index (Phi) is 5.81. The number of benzene rings is 1. The molecule has 3 aromatic rings. The quantitative estimate of drug-likeness (QED) is 0.548. The number of pyridine rings is 1. The Labute approximate surface area is 188 Å². The Bertz CT molecular complexity index is 1180. The molecule has 7 nitrogen and oxygen atoms in total. The van der Waals surface area contributed by atoms with Crippen LogP contribution in [0.5, 0.6) is 5.75 Å². The van der Waals surface area contributed by atoms with E-state index >= 15 is 0 Å². The lowest BCUT2D eigenvalue weighted by molar-refractivity contribution is -0.143. The van der Waals surface area contributed by atoms with Gasteiger partial charge in [0.25, 0.3) is 11.8 Å². The molecule has 0 saturated heterocycles. The molecule has 33 heavy (non-hydrogen) atoms. The predicted molar refractivity (Wildman–Crippen MR) is 116 cm³/mol. The van der Waals surface area contributed by atoms with Crippen LogP contribution in [0.1, 0.15) is 50.0 Å². The molecule has 0 bridgehead atoms. The van der Waals surface area contributed by atoms with Crippen LogP contribution in [-0.2, 0) is 0 Å². The van der Waals surface area contributed by atoms with Gasteiger partial charge in [0, 0.05) is 37.6 Å². The van der Waals surface area contributed by atoms with E-state index in [1.807, 2.05) is 13.8 Å². The lowest BCUT2D eigenvalue weighted by Crippen LogP contribution is -2.64. The van der Waals surface area contributed by atoms with Crippen LogP contribution >= 0.6 is 0 Å². The van der Waals surface area contributed by atoms with Crippen LogP contribution in [0.4, 0.5) is 13.2 Å². The van der Waals surface area contributed by atoms with Crippen LogP contribution in [0, 0.1) is 0 Å². The van der Waals surface area contributed by atoms with E-state index in [4.69, 9.17) is 4.74 Å². The molecule has 1 amide bonds. The van der Waals surface area contributed by atoms with E-state index in [1.54, 1.807) is 35.0 Å². The molecule has 1 aromatic carbocycles. The van der Waals surface area contributed by atoms with Gasteiger partial charge in [-0.15, -0.1) is 0 Å². The van der Waals surface area contributed by atoms with Gasteiger partial charge in [-0.2, -0.15) is 5.10 Å². The molecule has 2 N–H and O–H groups in total. The first-order valence-electron chi connectivity index (χ1n) is 10.6. The van der Waals surface area contributed by atoms with E-state index in [0.717, 1.165) is 0 Å². The second kappa shape index (κ2) is 8.33. The van der Waals surface area contributed by atoms with Crippen LogP contribution < -0.4 is 10.1 Å². The van der Waals surface area contributed by atoms with Crippen LogP contribution in [0.3, 0.4) is 0 Å². The summed E-state index contributed by atoms with van der Waals surface area (Å²) in [6, 6.07) is 8.34. The van der Waals surface area contributed by atoms with Crippen LogP contribution in [-0.4, -0.2) is 50.2 Å². The van der Waals surface area contributed by atoms with Gasteiger partial charge >= 0.3 is 0 Å². The Morgan fingerprint density at radius 3 is 2.61 bits per heavy atom. The van der Waals surface area contributed by atoms with Crippen molar-refractivity contribution in [2.75, 3.05) is 6.61 Å². The zero-order chi connectivity index (χ0) is 24.0. The molecule has 1 aliphatic carbocycles. The van der Waals surface area contributed by atoms with Gasteiger partial charge in [-0.1, -0.05) is 12.1 Å². The maximum Gasteiger partial charge on any atom is 0.253 e. The number of aromatic nitrogens is 3. The molecule has 1 unspecified atom stereocenters. The van der Waals surface area contributed by atoms with Gasteiger partial charge < -0.3 is 15.2 Å². The highest BCUT2D eigenvalue weighted by atomic mass is 19.3. The number of carbonyl (C=O) groups excluding carboxylic acids is 1. The van der Waals surface area contributed by atoms with Gasteiger partial charge in [-0.05, 0) is 32.0 Å². The summed E-state index contributed by atoms with van der Waals surface area (Å²) in [4.78, 5) is 17.2. The number of nitrogens with one attached hydrogen (secondary N) is 1. The Morgan fingerprint density at radius 2 is 2.00 bits per heavy atom. The molecule has 0 spiro atoms. The van der Waals surface area contributed by atoms with Crippen molar-refractivity contribution in [2.24, 2.45) is 0 Å². The Morgan fingerprint density at radius 1 is 1.27 bits per heavy atom. The number of hydrogen-bond donors (Lipinski definition) is 2. The van der Waals surface area contributed by atoms with E-state index < -0.39 is 43.2 Å².